The molecule has 5 heteroatoms. The monoisotopic (exact) mass is 665 g/mol. The van der Waals surface area contributed by atoms with Gasteiger partial charge in [-0.25, -0.2) is 15.0 Å². The van der Waals surface area contributed by atoms with Gasteiger partial charge in [-0.15, -0.1) is 0 Å². The zero-order valence-corrected chi connectivity index (χ0v) is 27.7. The zero-order valence-electron chi connectivity index (χ0n) is 27.7. The second kappa shape index (κ2) is 11.2. The van der Waals surface area contributed by atoms with Crippen molar-refractivity contribution in [1.82, 2.24) is 15.0 Å². The van der Waals surface area contributed by atoms with E-state index in [-0.39, 0.29) is 0 Å². The summed E-state index contributed by atoms with van der Waals surface area (Å²) in [4.78, 5) is 15.8. The van der Waals surface area contributed by atoms with Crippen molar-refractivity contribution >= 4 is 65.4 Å². The molecule has 3 aromatic heterocycles. The lowest BCUT2D eigenvalue weighted by atomic mass is 9.96. The van der Waals surface area contributed by atoms with Crippen LogP contribution in [0.25, 0.3) is 111 Å². The smallest absolute Gasteiger partial charge is 0.164 e. The molecule has 0 unspecified atom stereocenters. The number of fused-ring (bicyclic) bond motifs is 9. The fourth-order valence-corrected chi connectivity index (χ4v) is 7.71. The maximum atomic E-state index is 6.63. The third kappa shape index (κ3) is 4.39. The molecule has 5 nitrogen and oxygen atoms in total. The lowest BCUT2D eigenvalue weighted by Crippen LogP contribution is -2.01. The van der Waals surface area contributed by atoms with Gasteiger partial charge < -0.3 is 8.83 Å². The minimum Gasteiger partial charge on any atom is -0.456 e. The Balaban J connectivity index is 1.23. The second-order valence-corrected chi connectivity index (χ2v) is 13.1. The number of rotatable bonds is 4. The van der Waals surface area contributed by atoms with Gasteiger partial charge in [0.05, 0.1) is 0 Å². The summed E-state index contributed by atoms with van der Waals surface area (Å²) in [5.74, 6) is 1.76. The van der Waals surface area contributed by atoms with Crippen molar-refractivity contribution in [2.75, 3.05) is 0 Å². The molecule has 0 amide bonds. The van der Waals surface area contributed by atoms with Gasteiger partial charge in [-0.2, -0.15) is 0 Å². The summed E-state index contributed by atoms with van der Waals surface area (Å²) >= 11 is 0. The summed E-state index contributed by atoms with van der Waals surface area (Å²) in [6, 6.07) is 56.2. The number of benzene rings is 8. The average Bonchev–Trinajstić information content (AvgIpc) is 3.79. The van der Waals surface area contributed by atoms with Crippen LogP contribution in [0, 0.1) is 0 Å². The van der Waals surface area contributed by atoms with E-state index in [4.69, 9.17) is 23.8 Å². The molecule has 0 saturated heterocycles. The van der Waals surface area contributed by atoms with Crippen LogP contribution in [-0.2, 0) is 0 Å². The summed E-state index contributed by atoms with van der Waals surface area (Å²) in [5.41, 5.74) is 8.09. The van der Waals surface area contributed by atoms with Crippen molar-refractivity contribution in [1.29, 1.82) is 0 Å². The van der Waals surface area contributed by atoms with Crippen molar-refractivity contribution in [3.05, 3.63) is 164 Å². The molecule has 0 radical (unpaired) electrons. The Bertz CT molecular complexity index is 3190. The highest BCUT2D eigenvalue weighted by Crippen LogP contribution is 2.42. The summed E-state index contributed by atoms with van der Waals surface area (Å²) in [6.45, 7) is 0. The Kier molecular flexibility index (Phi) is 6.18. The lowest BCUT2D eigenvalue weighted by molar-refractivity contribution is 0.669. The molecule has 0 aliphatic rings. The lowest BCUT2D eigenvalue weighted by Gasteiger charge is -2.13. The fraction of sp³-hybridized carbons (Fsp3) is 0. The van der Waals surface area contributed by atoms with Crippen molar-refractivity contribution in [2.24, 2.45) is 0 Å². The molecular formula is C47H27N3O2. The van der Waals surface area contributed by atoms with Crippen LogP contribution in [-0.4, -0.2) is 15.0 Å². The first-order chi connectivity index (χ1) is 25.8. The van der Waals surface area contributed by atoms with Gasteiger partial charge in [0.15, 0.2) is 17.5 Å². The maximum absolute atomic E-state index is 6.63. The van der Waals surface area contributed by atoms with E-state index in [1.165, 1.54) is 5.39 Å². The SMILES string of the molecule is c1ccc(-c2ccc(-c3nc(-c4ccc5oc6ccccc6c5c4)nc(-c4cc5ccccc5c5ccccc45)n3)c3c2oc2ccccc23)cc1. The number of hydrogen-bond acceptors (Lipinski definition) is 5. The fourth-order valence-electron chi connectivity index (χ4n) is 7.71. The van der Waals surface area contributed by atoms with Gasteiger partial charge in [0.25, 0.3) is 0 Å². The molecule has 52 heavy (non-hydrogen) atoms. The first kappa shape index (κ1) is 28.7. The van der Waals surface area contributed by atoms with Gasteiger partial charge in [-0.05, 0) is 75.6 Å². The molecule has 0 aliphatic heterocycles. The van der Waals surface area contributed by atoms with Crippen LogP contribution < -0.4 is 0 Å². The Labute approximate surface area is 297 Å². The highest BCUT2D eigenvalue weighted by Gasteiger charge is 2.22. The van der Waals surface area contributed by atoms with Crippen LogP contribution in [0.15, 0.2) is 173 Å². The number of nitrogens with zero attached hydrogens (tertiary/aromatic N) is 3. The molecule has 242 valence electrons. The van der Waals surface area contributed by atoms with Gasteiger partial charge >= 0.3 is 0 Å². The zero-order chi connectivity index (χ0) is 34.2. The molecule has 3 heterocycles. The van der Waals surface area contributed by atoms with Crippen LogP contribution >= 0.6 is 0 Å². The quantitative estimate of drug-likeness (QED) is 0.175. The normalized spacial score (nSPS) is 11.8. The van der Waals surface area contributed by atoms with E-state index in [0.29, 0.717) is 17.5 Å². The van der Waals surface area contributed by atoms with E-state index < -0.39 is 0 Å². The van der Waals surface area contributed by atoms with E-state index in [9.17, 15) is 0 Å². The molecule has 0 atom stereocenters. The number of furan rings is 2. The minimum atomic E-state index is 0.575. The number of hydrogen-bond donors (Lipinski definition) is 0. The molecule has 0 spiro atoms. The Morgan fingerprint density at radius 3 is 1.75 bits per heavy atom. The highest BCUT2D eigenvalue weighted by molar-refractivity contribution is 6.16. The van der Waals surface area contributed by atoms with Crippen LogP contribution in [0.3, 0.4) is 0 Å². The van der Waals surface area contributed by atoms with Crippen molar-refractivity contribution in [3.63, 3.8) is 0 Å². The van der Waals surface area contributed by atoms with Gasteiger partial charge in [0.2, 0.25) is 0 Å². The van der Waals surface area contributed by atoms with E-state index in [2.05, 4.69) is 109 Å². The van der Waals surface area contributed by atoms with Gasteiger partial charge in [0.1, 0.15) is 22.3 Å². The Morgan fingerprint density at radius 2 is 0.923 bits per heavy atom. The number of aromatic nitrogens is 3. The summed E-state index contributed by atoms with van der Waals surface area (Å²) in [5, 5.41) is 8.61. The van der Waals surface area contributed by atoms with Crippen LogP contribution in [0.2, 0.25) is 0 Å². The molecule has 0 aliphatic carbocycles. The molecule has 0 saturated carbocycles. The molecule has 8 aromatic carbocycles. The molecule has 11 aromatic rings. The third-order valence-electron chi connectivity index (χ3n) is 10.1. The second-order valence-electron chi connectivity index (χ2n) is 13.1. The van der Waals surface area contributed by atoms with Crippen LogP contribution in [0.4, 0.5) is 0 Å². The van der Waals surface area contributed by atoms with E-state index >= 15 is 0 Å². The van der Waals surface area contributed by atoms with E-state index in [0.717, 1.165) is 87.9 Å². The highest BCUT2D eigenvalue weighted by atomic mass is 16.3. The largest absolute Gasteiger partial charge is 0.456 e. The standard InChI is InChI=1S/C47H27N3O2/c1-2-12-28(13-3-1)32-23-24-37(43-36-19-9-11-21-41(36)52-44(32)43)46-48-45(30-22-25-42-38(27-30)35-18-8-10-20-40(35)51-42)49-47(50-46)39-26-29-14-4-5-15-31(29)33-16-6-7-17-34(33)39/h1-27H. The van der Waals surface area contributed by atoms with Gasteiger partial charge in [-0.1, -0.05) is 115 Å². The molecule has 11 rings (SSSR count). The van der Waals surface area contributed by atoms with E-state index in [1.807, 2.05) is 54.6 Å². The Hall–Kier alpha value is -7.11. The number of para-hydroxylation sites is 2. The van der Waals surface area contributed by atoms with Crippen molar-refractivity contribution in [2.45, 2.75) is 0 Å². The summed E-state index contributed by atoms with van der Waals surface area (Å²) < 4.78 is 12.8. The van der Waals surface area contributed by atoms with E-state index in [1.54, 1.807) is 0 Å². The van der Waals surface area contributed by atoms with Crippen LogP contribution in [0.5, 0.6) is 0 Å². The van der Waals surface area contributed by atoms with Gasteiger partial charge in [-0.3, -0.25) is 0 Å². The minimum absolute atomic E-state index is 0.575. The first-order valence-electron chi connectivity index (χ1n) is 17.4. The maximum Gasteiger partial charge on any atom is 0.164 e. The summed E-state index contributed by atoms with van der Waals surface area (Å²) in [6.07, 6.45) is 0. The molecule has 0 fully saturated rings. The average molecular weight is 666 g/mol. The molecule has 0 N–H and O–H groups in total. The third-order valence-corrected chi connectivity index (χ3v) is 10.1. The predicted molar refractivity (Wildman–Crippen MR) is 211 cm³/mol. The van der Waals surface area contributed by atoms with Crippen molar-refractivity contribution < 1.29 is 8.83 Å². The van der Waals surface area contributed by atoms with Gasteiger partial charge in [0, 0.05) is 43.8 Å². The predicted octanol–water partition coefficient (Wildman–Crippen LogP) is 12.6. The molecule has 0 bridgehead atoms. The van der Waals surface area contributed by atoms with Crippen molar-refractivity contribution in [3.8, 4) is 45.3 Å². The summed E-state index contributed by atoms with van der Waals surface area (Å²) in [7, 11) is 0. The topological polar surface area (TPSA) is 65.0 Å². The Morgan fingerprint density at radius 1 is 0.327 bits per heavy atom. The molecular weight excluding hydrogens is 639 g/mol. The first-order valence-corrected chi connectivity index (χ1v) is 17.4. The van der Waals surface area contributed by atoms with Crippen LogP contribution in [0.1, 0.15) is 0 Å².